The number of likely N-dealkylation sites (N-methyl/N-ethyl adjacent to an activating group) is 1. The van der Waals surface area contributed by atoms with E-state index >= 15 is 0 Å². The second-order valence-corrected chi connectivity index (χ2v) is 5.21. The molecule has 0 bridgehead atoms. The fourth-order valence-corrected chi connectivity index (χ4v) is 1.83. The van der Waals surface area contributed by atoms with Crippen molar-refractivity contribution in [3.63, 3.8) is 0 Å². The van der Waals surface area contributed by atoms with Crippen molar-refractivity contribution in [2.45, 2.75) is 19.6 Å². The van der Waals surface area contributed by atoms with E-state index in [1.807, 2.05) is 0 Å². The Hall–Kier alpha value is -2.58. The van der Waals surface area contributed by atoms with E-state index in [-0.39, 0.29) is 19.0 Å². The molecule has 9 heteroatoms. The Labute approximate surface area is 136 Å². The van der Waals surface area contributed by atoms with Gasteiger partial charge in [0.25, 0.3) is 0 Å². The molecule has 0 saturated heterocycles. The highest BCUT2D eigenvalue weighted by molar-refractivity contribution is 5.86. The van der Waals surface area contributed by atoms with Crippen LogP contribution in [0.5, 0.6) is 0 Å². The molecule has 6 nitrogen and oxygen atoms in total. The number of halogens is 3. The summed E-state index contributed by atoms with van der Waals surface area (Å²) >= 11 is 0. The second kappa shape index (κ2) is 7.80. The first-order chi connectivity index (χ1) is 11.0. The van der Waals surface area contributed by atoms with Crippen molar-refractivity contribution in [3.8, 4) is 0 Å². The molecule has 0 fully saturated rings. The van der Waals surface area contributed by atoms with Gasteiger partial charge in [0.15, 0.2) is 0 Å². The van der Waals surface area contributed by atoms with E-state index in [1.54, 1.807) is 0 Å². The predicted molar refractivity (Wildman–Crippen MR) is 77.8 cm³/mol. The molecule has 0 aliphatic carbocycles. The van der Waals surface area contributed by atoms with E-state index in [0.29, 0.717) is 5.56 Å². The van der Waals surface area contributed by atoms with Crippen molar-refractivity contribution in [2.75, 3.05) is 20.1 Å². The van der Waals surface area contributed by atoms with Crippen molar-refractivity contribution >= 4 is 17.8 Å². The maximum absolute atomic E-state index is 12.5. The summed E-state index contributed by atoms with van der Waals surface area (Å²) in [6, 6.07) is 4.08. The molecule has 0 unspecified atom stereocenters. The van der Waals surface area contributed by atoms with Gasteiger partial charge in [-0.1, -0.05) is 12.1 Å². The molecule has 0 aliphatic rings. The number of benzene rings is 1. The van der Waals surface area contributed by atoms with Crippen LogP contribution >= 0.6 is 0 Å². The van der Waals surface area contributed by atoms with Gasteiger partial charge < -0.3 is 14.9 Å². The molecule has 0 heterocycles. The summed E-state index contributed by atoms with van der Waals surface area (Å²) in [6.45, 7) is 0.147. The SMILES string of the molecule is CC(=O)N(C)CC(=O)N(CC(=O)O)Cc1ccc(C(F)(F)F)cc1. The quantitative estimate of drug-likeness (QED) is 0.849. The minimum absolute atomic E-state index is 0.172. The van der Waals surface area contributed by atoms with Gasteiger partial charge in [0.2, 0.25) is 11.8 Å². The topological polar surface area (TPSA) is 77.9 Å². The molecule has 0 spiro atoms. The third-order valence-corrected chi connectivity index (χ3v) is 3.24. The number of hydrogen-bond donors (Lipinski definition) is 1. The molecule has 132 valence electrons. The number of hydrogen-bond acceptors (Lipinski definition) is 3. The second-order valence-electron chi connectivity index (χ2n) is 5.21. The minimum atomic E-state index is -4.47. The molecule has 0 radical (unpaired) electrons. The summed E-state index contributed by atoms with van der Waals surface area (Å²) < 4.78 is 37.6. The number of carbonyl (C=O) groups excluding carboxylic acids is 2. The maximum atomic E-state index is 12.5. The van der Waals surface area contributed by atoms with Gasteiger partial charge in [0, 0.05) is 20.5 Å². The van der Waals surface area contributed by atoms with Gasteiger partial charge in [-0.05, 0) is 17.7 Å². The molecule has 0 aliphatic heterocycles. The van der Waals surface area contributed by atoms with E-state index in [2.05, 4.69) is 0 Å². The molecule has 0 atom stereocenters. The lowest BCUT2D eigenvalue weighted by molar-refractivity contribution is -0.146. The molecule has 1 aromatic carbocycles. The average molecular weight is 346 g/mol. The number of amides is 2. The van der Waals surface area contributed by atoms with Crippen LogP contribution in [-0.4, -0.2) is 52.8 Å². The Balaban J connectivity index is 2.87. The fourth-order valence-electron chi connectivity index (χ4n) is 1.83. The Kier molecular flexibility index (Phi) is 6.33. The fraction of sp³-hybridized carbons (Fsp3) is 0.400. The van der Waals surface area contributed by atoms with Gasteiger partial charge in [-0.3, -0.25) is 14.4 Å². The van der Waals surface area contributed by atoms with Gasteiger partial charge in [-0.2, -0.15) is 13.2 Å². The minimum Gasteiger partial charge on any atom is -0.480 e. The van der Waals surface area contributed by atoms with Gasteiger partial charge in [0.1, 0.15) is 6.54 Å². The zero-order valence-corrected chi connectivity index (χ0v) is 13.1. The summed E-state index contributed by atoms with van der Waals surface area (Å²) in [5, 5.41) is 8.88. The van der Waals surface area contributed by atoms with E-state index in [9.17, 15) is 27.6 Å². The highest BCUT2D eigenvalue weighted by atomic mass is 19.4. The van der Waals surface area contributed by atoms with Crippen LogP contribution in [0.3, 0.4) is 0 Å². The smallest absolute Gasteiger partial charge is 0.416 e. The monoisotopic (exact) mass is 346 g/mol. The highest BCUT2D eigenvalue weighted by Crippen LogP contribution is 2.29. The van der Waals surface area contributed by atoms with Crippen LogP contribution in [0.15, 0.2) is 24.3 Å². The third kappa shape index (κ3) is 5.90. The number of carboxylic acid groups (broad SMARTS) is 1. The molecular weight excluding hydrogens is 329 g/mol. The standard InChI is InChI=1S/C15H17F3N2O4/c1-10(21)19(2)8-13(22)20(9-14(23)24)7-11-3-5-12(6-4-11)15(16,17)18/h3-6H,7-9H2,1-2H3,(H,23,24). The number of aliphatic carboxylic acids is 1. The largest absolute Gasteiger partial charge is 0.480 e. The van der Waals surface area contributed by atoms with Gasteiger partial charge in [0.05, 0.1) is 12.1 Å². The molecule has 2 amide bonds. The summed E-state index contributed by atoms with van der Waals surface area (Å²) in [7, 11) is 1.39. The first-order valence-electron chi connectivity index (χ1n) is 6.88. The Morgan fingerprint density at radius 2 is 1.62 bits per heavy atom. The normalized spacial score (nSPS) is 11.0. The van der Waals surface area contributed by atoms with Crippen LogP contribution in [0.2, 0.25) is 0 Å². The van der Waals surface area contributed by atoms with E-state index in [4.69, 9.17) is 5.11 Å². The van der Waals surface area contributed by atoms with Crippen LogP contribution in [-0.2, 0) is 27.1 Å². The summed E-state index contributed by atoms with van der Waals surface area (Å²) in [6.07, 6.45) is -4.47. The molecule has 24 heavy (non-hydrogen) atoms. The van der Waals surface area contributed by atoms with E-state index in [1.165, 1.54) is 26.1 Å². The van der Waals surface area contributed by atoms with Crippen LogP contribution in [0.4, 0.5) is 13.2 Å². The van der Waals surface area contributed by atoms with E-state index in [0.717, 1.165) is 21.9 Å². The molecule has 1 N–H and O–H groups in total. The van der Waals surface area contributed by atoms with Gasteiger partial charge in [-0.25, -0.2) is 0 Å². The Morgan fingerprint density at radius 1 is 1.08 bits per heavy atom. The molecule has 1 rings (SSSR count). The molecular formula is C15H17F3N2O4. The third-order valence-electron chi connectivity index (χ3n) is 3.24. The molecule has 0 aromatic heterocycles. The first-order valence-corrected chi connectivity index (χ1v) is 6.88. The van der Waals surface area contributed by atoms with Gasteiger partial charge >= 0.3 is 12.1 Å². The van der Waals surface area contributed by atoms with Crippen LogP contribution in [0.1, 0.15) is 18.1 Å². The zero-order valence-electron chi connectivity index (χ0n) is 13.1. The van der Waals surface area contributed by atoms with Crippen LogP contribution < -0.4 is 0 Å². The lowest BCUT2D eigenvalue weighted by Gasteiger charge is -2.24. The van der Waals surface area contributed by atoms with Crippen molar-refractivity contribution in [2.24, 2.45) is 0 Å². The molecule has 1 aromatic rings. The number of carbonyl (C=O) groups is 3. The van der Waals surface area contributed by atoms with E-state index < -0.39 is 30.2 Å². The van der Waals surface area contributed by atoms with Crippen molar-refractivity contribution in [3.05, 3.63) is 35.4 Å². The average Bonchev–Trinajstić information content (AvgIpc) is 2.45. The first kappa shape index (κ1) is 19.5. The van der Waals surface area contributed by atoms with Crippen LogP contribution in [0.25, 0.3) is 0 Å². The lowest BCUT2D eigenvalue weighted by Crippen LogP contribution is -2.42. The molecule has 0 saturated carbocycles. The summed E-state index contributed by atoms with van der Waals surface area (Å²) in [5.74, 6) is -2.25. The van der Waals surface area contributed by atoms with Gasteiger partial charge in [-0.15, -0.1) is 0 Å². The zero-order chi connectivity index (χ0) is 18.5. The Bertz CT molecular complexity index is 614. The highest BCUT2D eigenvalue weighted by Gasteiger charge is 2.30. The maximum Gasteiger partial charge on any atom is 0.416 e. The van der Waals surface area contributed by atoms with Crippen molar-refractivity contribution in [1.29, 1.82) is 0 Å². The number of nitrogens with zero attached hydrogens (tertiary/aromatic N) is 2. The predicted octanol–water partition coefficient (Wildman–Crippen LogP) is 1.60. The van der Waals surface area contributed by atoms with Crippen molar-refractivity contribution < 1.29 is 32.7 Å². The Morgan fingerprint density at radius 3 is 2.04 bits per heavy atom. The lowest BCUT2D eigenvalue weighted by atomic mass is 10.1. The summed E-state index contributed by atoms with van der Waals surface area (Å²) in [4.78, 5) is 36.2. The summed E-state index contributed by atoms with van der Waals surface area (Å²) in [5.41, 5.74) is -0.484. The number of rotatable bonds is 6. The van der Waals surface area contributed by atoms with Crippen molar-refractivity contribution in [1.82, 2.24) is 9.80 Å². The number of alkyl halides is 3. The number of carboxylic acids is 1. The van der Waals surface area contributed by atoms with Crippen LogP contribution in [0, 0.1) is 0 Å².